The molecule has 0 aliphatic carbocycles. The number of aromatic nitrogens is 3. The average molecular weight is 186 g/mol. The molecule has 0 N–H and O–H groups in total. The smallest absolute Gasteiger partial charge is 0.190 e. The summed E-state index contributed by atoms with van der Waals surface area (Å²) in [6, 6.07) is 4.03. The maximum absolute atomic E-state index is 4.15. The first kappa shape index (κ1) is 8.81. The summed E-state index contributed by atoms with van der Waals surface area (Å²) in [5.41, 5.74) is 2.28. The minimum atomic E-state index is 0.867. The Morgan fingerprint density at radius 2 is 2.00 bits per heavy atom. The number of hydrogen-bond donors (Lipinski definition) is 0. The van der Waals surface area contributed by atoms with E-state index in [9.17, 15) is 0 Å². The molecule has 2 aromatic heterocycles. The van der Waals surface area contributed by atoms with E-state index in [2.05, 4.69) is 14.5 Å². The van der Waals surface area contributed by atoms with Crippen LogP contribution < -0.4 is 4.57 Å². The van der Waals surface area contributed by atoms with Crippen molar-refractivity contribution < 1.29 is 4.57 Å². The van der Waals surface area contributed by atoms with Crippen molar-refractivity contribution in [2.75, 3.05) is 0 Å². The van der Waals surface area contributed by atoms with Gasteiger partial charge in [-0.15, -0.1) is 0 Å². The zero-order valence-corrected chi connectivity index (χ0v) is 8.09. The van der Waals surface area contributed by atoms with Crippen LogP contribution in [0.3, 0.4) is 0 Å². The number of rotatable bonds is 2. The Bertz CT molecular complexity index is 412. The van der Waals surface area contributed by atoms with Gasteiger partial charge in [0.25, 0.3) is 0 Å². The molecule has 2 rings (SSSR count). The summed E-state index contributed by atoms with van der Waals surface area (Å²) in [4.78, 5) is 8.13. The van der Waals surface area contributed by atoms with Gasteiger partial charge in [0.1, 0.15) is 5.69 Å². The molecule has 3 heteroatoms. The lowest BCUT2D eigenvalue weighted by Gasteiger charge is -1.96. The molecule has 70 valence electrons. The van der Waals surface area contributed by atoms with Crippen molar-refractivity contribution in [2.24, 2.45) is 0 Å². The van der Waals surface area contributed by atoms with Crippen molar-refractivity contribution in [1.82, 2.24) is 9.97 Å². The normalized spacial score (nSPS) is 10.1. The second-order valence-corrected chi connectivity index (χ2v) is 3.23. The van der Waals surface area contributed by atoms with Crippen LogP contribution in [-0.4, -0.2) is 9.97 Å². The van der Waals surface area contributed by atoms with E-state index in [1.165, 1.54) is 5.56 Å². The topological polar surface area (TPSA) is 29.7 Å². The molecular weight excluding hydrogens is 174 g/mol. The Morgan fingerprint density at radius 3 is 2.71 bits per heavy atom. The van der Waals surface area contributed by atoms with Crippen LogP contribution in [0.25, 0.3) is 0 Å². The van der Waals surface area contributed by atoms with E-state index in [1.54, 1.807) is 0 Å². The van der Waals surface area contributed by atoms with Gasteiger partial charge in [-0.2, -0.15) is 4.57 Å². The third kappa shape index (κ3) is 2.13. The monoisotopic (exact) mass is 186 g/mol. The molecule has 0 bridgehead atoms. The fraction of sp³-hybridized carbons (Fsp3) is 0.182. The summed E-state index contributed by atoms with van der Waals surface area (Å²) in [5, 5.41) is 0. The van der Waals surface area contributed by atoms with Crippen LogP contribution in [-0.2, 0) is 6.54 Å². The van der Waals surface area contributed by atoms with Crippen LogP contribution in [0.5, 0.6) is 0 Å². The molecule has 0 aliphatic heterocycles. The van der Waals surface area contributed by atoms with Crippen LogP contribution in [0.4, 0.5) is 0 Å². The number of hydrogen-bond acceptors (Lipinski definition) is 2. The van der Waals surface area contributed by atoms with Gasteiger partial charge in [0.15, 0.2) is 18.9 Å². The quantitative estimate of drug-likeness (QED) is 0.658. The van der Waals surface area contributed by atoms with Crippen LogP contribution in [0.2, 0.25) is 0 Å². The standard InChI is InChI=1S/C11H12N3/c1-10-8-14(7-6-13-10)9-11-2-4-12-5-3-11/h2-8H,9H2,1H3/q+1. The molecule has 0 fully saturated rings. The number of aryl methyl sites for hydroxylation is 1. The minimum Gasteiger partial charge on any atom is -0.265 e. The predicted molar refractivity (Wildman–Crippen MR) is 52.5 cm³/mol. The molecular formula is C11H12N3+. The van der Waals surface area contributed by atoms with Gasteiger partial charge in [-0.05, 0) is 19.1 Å². The maximum Gasteiger partial charge on any atom is 0.190 e. The first-order chi connectivity index (χ1) is 6.84. The van der Waals surface area contributed by atoms with E-state index >= 15 is 0 Å². The van der Waals surface area contributed by atoms with Gasteiger partial charge < -0.3 is 0 Å². The van der Waals surface area contributed by atoms with Crippen molar-refractivity contribution in [3.05, 3.63) is 54.4 Å². The Hall–Kier alpha value is -1.77. The summed E-state index contributed by atoms with van der Waals surface area (Å²) >= 11 is 0. The Labute approximate surface area is 83.1 Å². The average Bonchev–Trinajstić information content (AvgIpc) is 2.19. The third-order valence-corrected chi connectivity index (χ3v) is 2.00. The molecule has 14 heavy (non-hydrogen) atoms. The Kier molecular flexibility index (Phi) is 2.49. The summed E-state index contributed by atoms with van der Waals surface area (Å²) < 4.78 is 2.11. The first-order valence-electron chi connectivity index (χ1n) is 4.55. The molecule has 0 spiro atoms. The molecule has 0 saturated carbocycles. The molecule has 0 aromatic carbocycles. The van der Waals surface area contributed by atoms with E-state index in [4.69, 9.17) is 0 Å². The summed E-state index contributed by atoms with van der Waals surface area (Å²) in [7, 11) is 0. The van der Waals surface area contributed by atoms with E-state index in [-0.39, 0.29) is 0 Å². The predicted octanol–water partition coefficient (Wildman–Crippen LogP) is 1.12. The van der Waals surface area contributed by atoms with Crippen LogP contribution >= 0.6 is 0 Å². The fourth-order valence-corrected chi connectivity index (χ4v) is 1.35. The highest BCUT2D eigenvalue weighted by Gasteiger charge is 2.01. The zero-order valence-electron chi connectivity index (χ0n) is 8.09. The van der Waals surface area contributed by atoms with Gasteiger partial charge in [0, 0.05) is 18.0 Å². The highest BCUT2D eigenvalue weighted by atomic mass is 15.0. The highest BCUT2D eigenvalue weighted by molar-refractivity contribution is 5.07. The van der Waals surface area contributed by atoms with Gasteiger partial charge >= 0.3 is 0 Å². The van der Waals surface area contributed by atoms with Crippen LogP contribution in [0.1, 0.15) is 11.3 Å². The van der Waals surface area contributed by atoms with Crippen LogP contribution in [0, 0.1) is 6.92 Å². The Balaban J connectivity index is 2.19. The number of pyridine rings is 1. The van der Waals surface area contributed by atoms with Gasteiger partial charge in [0.05, 0.1) is 6.20 Å². The molecule has 2 aromatic rings. The lowest BCUT2D eigenvalue weighted by atomic mass is 10.2. The molecule has 3 nitrogen and oxygen atoms in total. The largest absolute Gasteiger partial charge is 0.265 e. The van der Waals surface area contributed by atoms with Crippen molar-refractivity contribution in [3.63, 3.8) is 0 Å². The summed E-state index contributed by atoms with van der Waals surface area (Å²) in [6.07, 6.45) is 9.43. The minimum absolute atomic E-state index is 0.867. The fourth-order valence-electron chi connectivity index (χ4n) is 1.35. The van der Waals surface area contributed by atoms with Crippen molar-refractivity contribution >= 4 is 0 Å². The van der Waals surface area contributed by atoms with Gasteiger partial charge in [-0.25, -0.2) is 4.98 Å². The van der Waals surface area contributed by atoms with Crippen molar-refractivity contribution in [2.45, 2.75) is 13.5 Å². The molecule has 0 aliphatic rings. The van der Waals surface area contributed by atoms with E-state index in [0.717, 1.165) is 12.2 Å². The highest BCUT2D eigenvalue weighted by Crippen LogP contribution is 1.95. The van der Waals surface area contributed by atoms with Gasteiger partial charge in [-0.1, -0.05) is 0 Å². The van der Waals surface area contributed by atoms with E-state index in [1.807, 2.05) is 50.0 Å². The van der Waals surface area contributed by atoms with Crippen molar-refractivity contribution in [1.29, 1.82) is 0 Å². The molecule has 2 heterocycles. The van der Waals surface area contributed by atoms with Crippen LogP contribution in [0.15, 0.2) is 43.1 Å². The second kappa shape index (κ2) is 3.96. The molecule has 0 amide bonds. The lowest BCUT2D eigenvalue weighted by molar-refractivity contribution is -0.689. The summed E-state index contributed by atoms with van der Waals surface area (Å²) in [5.74, 6) is 0. The van der Waals surface area contributed by atoms with E-state index < -0.39 is 0 Å². The van der Waals surface area contributed by atoms with E-state index in [0.29, 0.717) is 0 Å². The zero-order chi connectivity index (χ0) is 9.80. The maximum atomic E-state index is 4.15. The second-order valence-electron chi connectivity index (χ2n) is 3.23. The number of nitrogens with zero attached hydrogens (tertiary/aromatic N) is 3. The summed E-state index contributed by atoms with van der Waals surface area (Å²) in [6.45, 7) is 2.86. The Morgan fingerprint density at radius 1 is 1.21 bits per heavy atom. The third-order valence-electron chi connectivity index (χ3n) is 2.00. The van der Waals surface area contributed by atoms with Gasteiger partial charge in [0.2, 0.25) is 0 Å². The van der Waals surface area contributed by atoms with Gasteiger partial charge in [-0.3, -0.25) is 4.98 Å². The first-order valence-corrected chi connectivity index (χ1v) is 4.55. The van der Waals surface area contributed by atoms with Crippen molar-refractivity contribution in [3.8, 4) is 0 Å². The lowest BCUT2D eigenvalue weighted by Crippen LogP contribution is -2.33. The molecule has 0 atom stereocenters. The molecule has 0 unspecified atom stereocenters. The molecule has 0 radical (unpaired) electrons. The molecule has 0 saturated heterocycles. The SMILES string of the molecule is Cc1c[n+](Cc2ccncc2)ccn1.